The average molecular weight is 178 g/mol. The molecule has 0 aromatic heterocycles. The standard InChI is InChI=1S/C9H7FN2O/c1-6-2-7(4-11)9(12-5-13)3-8(6)10/h2-3,5H,1H3,(H,12,13). The van der Waals surface area contributed by atoms with Crippen LogP contribution in [0.2, 0.25) is 0 Å². The molecule has 0 saturated carbocycles. The lowest BCUT2D eigenvalue weighted by Crippen LogP contribution is -1.98. The molecule has 0 atom stereocenters. The van der Waals surface area contributed by atoms with Gasteiger partial charge in [-0.2, -0.15) is 5.26 Å². The van der Waals surface area contributed by atoms with Gasteiger partial charge in [0.15, 0.2) is 0 Å². The van der Waals surface area contributed by atoms with E-state index in [-0.39, 0.29) is 11.3 Å². The van der Waals surface area contributed by atoms with Crippen LogP contribution in [0.3, 0.4) is 0 Å². The van der Waals surface area contributed by atoms with Crippen molar-refractivity contribution < 1.29 is 9.18 Å². The van der Waals surface area contributed by atoms with Crippen LogP contribution in [-0.2, 0) is 4.79 Å². The second-order valence-corrected chi connectivity index (χ2v) is 2.52. The third kappa shape index (κ3) is 1.82. The Kier molecular flexibility index (Phi) is 2.60. The quantitative estimate of drug-likeness (QED) is 0.699. The van der Waals surface area contributed by atoms with Gasteiger partial charge in [-0.25, -0.2) is 4.39 Å². The van der Waals surface area contributed by atoms with E-state index in [1.165, 1.54) is 6.07 Å². The molecule has 0 aliphatic heterocycles. The van der Waals surface area contributed by atoms with Crippen molar-refractivity contribution >= 4 is 12.1 Å². The highest BCUT2D eigenvalue weighted by Gasteiger charge is 2.05. The topological polar surface area (TPSA) is 52.9 Å². The maximum absolute atomic E-state index is 13.0. The summed E-state index contributed by atoms with van der Waals surface area (Å²) in [4.78, 5) is 10.1. The molecule has 1 aromatic carbocycles. The van der Waals surface area contributed by atoms with Crippen molar-refractivity contribution in [3.05, 3.63) is 29.1 Å². The number of amides is 1. The Balaban J connectivity index is 3.26. The van der Waals surface area contributed by atoms with Crippen molar-refractivity contribution in [1.82, 2.24) is 0 Å². The van der Waals surface area contributed by atoms with Crippen molar-refractivity contribution in [3.8, 4) is 6.07 Å². The summed E-state index contributed by atoms with van der Waals surface area (Å²) in [7, 11) is 0. The van der Waals surface area contributed by atoms with E-state index >= 15 is 0 Å². The molecule has 0 bridgehead atoms. The van der Waals surface area contributed by atoms with Gasteiger partial charge in [0.2, 0.25) is 6.41 Å². The first-order chi connectivity index (χ1) is 6.19. The number of hydrogen-bond acceptors (Lipinski definition) is 2. The number of aryl methyl sites for hydroxylation is 1. The van der Waals surface area contributed by atoms with E-state index in [0.29, 0.717) is 12.0 Å². The maximum Gasteiger partial charge on any atom is 0.211 e. The van der Waals surface area contributed by atoms with Gasteiger partial charge in [0.05, 0.1) is 11.3 Å². The first-order valence-corrected chi connectivity index (χ1v) is 3.59. The lowest BCUT2D eigenvalue weighted by molar-refractivity contribution is -0.105. The normalized spacial score (nSPS) is 9.00. The van der Waals surface area contributed by atoms with Gasteiger partial charge >= 0.3 is 0 Å². The Morgan fingerprint density at radius 2 is 2.31 bits per heavy atom. The number of nitrogens with one attached hydrogen (secondary N) is 1. The zero-order valence-electron chi connectivity index (χ0n) is 6.97. The van der Waals surface area contributed by atoms with Crippen LogP contribution in [0.15, 0.2) is 12.1 Å². The van der Waals surface area contributed by atoms with Gasteiger partial charge in [-0.05, 0) is 24.6 Å². The molecule has 0 aliphatic carbocycles. The summed E-state index contributed by atoms with van der Waals surface area (Å²) in [6.07, 6.45) is 0.408. The predicted molar refractivity (Wildman–Crippen MR) is 45.5 cm³/mol. The Labute approximate surface area is 74.8 Å². The van der Waals surface area contributed by atoms with Crippen LogP contribution < -0.4 is 5.32 Å². The minimum atomic E-state index is -0.441. The van der Waals surface area contributed by atoms with Crippen molar-refractivity contribution in [2.45, 2.75) is 6.92 Å². The van der Waals surface area contributed by atoms with Crippen LogP contribution in [0, 0.1) is 24.1 Å². The first-order valence-electron chi connectivity index (χ1n) is 3.59. The molecule has 0 fully saturated rings. The summed E-state index contributed by atoms with van der Waals surface area (Å²) in [5, 5.41) is 10.9. The molecule has 1 N–H and O–H groups in total. The van der Waals surface area contributed by atoms with Gasteiger partial charge in [0.1, 0.15) is 11.9 Å². The lowest BCUT2D eigenvalue weighted by Gasteiger charge is -2.03. The molecule has 66 valence electrons. The third-order valence-corrected chi connectivity index (χ3v) is 1.63. The molecule has 0 spiro atoms. The smallest absolute Gasteiger partial charge is 0.211 e. The van der Waals surface area contributed by atoms with Gasteiger partial charge in [-0.1, -0.05) is 0 Å². The molecule has 0 unspecified atom stereocenters. The Bertz CT molecular complexity index is 382. The van der Waals surface area contributed by atoms with Crippen LogP contribution in [-0.4, -0.2) is 6.41 Å². The minimum absolute atomic E-state index is 0.195. The number of hydrogen-bond donors (Lipinski definition) is 1. The Morgan fingerprint density at radius 3 is 2.85 bits per heavy atom. The fourth-order valence-electron chi connectivity index (χ4n) is 0.957. The maximum atomic E-state index is 13.0. The fourth-order valence-corrected chi connectivity index (χ4v) is 0.957. The van der Waals surface area contributed by atoms with Crippen LogP contribution >= 0.6 is 0 Å². The third-order valence-electron chi connectivity index (χ3n) is 1.63. The first kappa shape index (κ1) is 9.20. The van der Waals surface area contributed by atoms with Crippen LogP contribution in [0.25, 0.3) is 0 Å². The summed E-state index contributed by atoms with van der Waals surface area (Å²) in [6, 6.07) is 4.38. The van der Waals surface area contributed by atoms with Crippen molar-refractivity contribution in [3.63, 3.8) is 0 Å². The van der Waals surface area contributed by atoms with E-state index in [9.17, 15) is 9.18 Å². The minimum Gasteiger partial charge on any atom is -0.327 e. The summed E-state index contributed by atoms with van der Waals surface area (Å²) in [5.41, 5.74) is 0.833. The molecular formula is C9H7FN2O. The van der Waals surface area contributed by atoms with E-state index in [1.807, 2.05) is 6.07 Å². The Morgan fingerprint density at radius 1 is 1.62 bits per heavy atom. The fraction of sp³-hybridized carbons (Fsp3) is 0.111. The molecule has 0 aliphatic rings. The van der Waals surface area contributed by atoms with Gasteiger partial charge in [0.25, 0.3) is 0 Å². The van der Waals surface area contributed by atoms with Crippen LogP contribution in [0.1, 0.15) is 11.1 Å². The summed E-state index contributed by atoms with van der Waals surface area (Å²) < 4.78 is 13.0. The molecule has 1 aromatic rings. The number of carbonyl (C=O) groups is 1. The van der Waals surface area contributed by atoms with Gasteiger partial charge in [-0.3, -0.25) is 4.79 Å². The van der Waals surface area contributed by atoms with Gasteiger partial charge in [-0.15, -0.1) is 0 Å². The van der Waals surface area contributed by atoms with Crippen LogP contribution in [0.5, 0.6) is 0 Å². The van der Waals surface area contributed by atoms with E-state index in [4.69, 9.17) is 5.26 Å². The highest BCUT2D eigenvalue weighted by atomic mass is 19.1. The number of anilines is 1. The van der Waals surface area contributed by atoms with E-state index in [2.05, 4.69) is 5.32 Å². The van der Waals surface area contributed by atoms with E-state index < -0.39 is 5.82 Å². The molecule has 1 rings (SSSR count). The van der Waals surface area contributed by atoms with Gasteiger partial charge in [0, 0.05) is 0 Å². The number of benzene rings is 1. The SMILES string of the molecule is Cc1cc(C#N)c(NC=O)cc1F. The monoisotopic (exact) mass is 178 g/mol. The predicted octanol–water partition coefficient (Wildman–Crippen LogP) is 1.57. The molecule has 0 saturated heterocycles. The highest BCUT2D eigenvalue weighted by molar-refractivity contribution is 5.75. The zero-order valence-corrected chi connectivity index (χ0v) is 6.97. The van der Waals surface area contributed by atoms with E-state index in [1.54, 1.807) is 6.92 Å². The molecule has 1 amide bonds. The molecular weight excluding hydrogens is 171 g/mol. The molecule has 3 nitrogen and oxygen atoms in total. The number of nitriles is 1. The summed E-state index contributed by atoms with van der Waals surface area (Å²) >= 11 is 0. The Hall–Kier alpha value is -1.89. The second-order valence-electron chi connectivity index (χ2n) is 2.52. The summed E-state index contributed by atoms with van der Waals surface area (Å²) in [5.74, 6) is -0.441. The number of nitrogens with zero attached hydrogens (tertiary/aromatic N) is 1. The molecule has 0 radical (unpaired) electrons. The molecule has 13 heavy (non-hydrogen) atoms. The average Bonchev–Trinajstić information content (AvgIpc) is 2.11. The zero-order chi connectivity index (χ0) is 9.84. The van der Waals surface area contributed by atoms with Crippen LogP contribution in [0.4, 0.5) is 10.1 Å². The lowest BCUT2D eigenvalue weighted by atomic mass is 10.1. The van der Waals surface area contributed by atoms with Crippen molar-refractivity contribution in [2.24, 2.45) is 0 Å². The molecule has 0 heterocycles. The summed E-state index contributed by atoms with van der Waals surface area (Å²) in [6.45, 7) is 1.56. The van der Waals surface area contributed by atoms with E-state index in [0.717, 1.165) is 6.07 Å². The number of carbonyl (C=O) groups excluding carboxylic acids is 1. The van der Waals surface area contributed by atoms with Gasteiger partial charge < -0.3 is 5.32 Å². The highest BCUT2D eigenvalue weighted by Crippen LogP contribution is 2.18. The largest absolute Gasteiger partial charge is 0.327 e. The number of rotatable bonds is 2. The molecule has 4 heteroatoms. The van der Waals surface area contributed by atoms with Crippen molar-refractivity contribution in [2.75, 3.05) is 5.32 Å². The van der Waals surface area contributed by atoms with Crippen molar-refractivity contribution in [1.29, 1.82) is 5.26 Å². The number of halogens is 1. The second kappa shape index (κ2) is 3.68.